The molecule has 4 nitrogen and oxygen atoms in total. The minimum Gasteiger partial charge on any atom is -0.361 e. The van der Waals surface area contributed by atoms with Gasteiger partial charge in [-0.25, -0.2) is 0 Å². The van der Waals surface area contributed by atoms with Crippen molar-refractivity contribution in [1.29, 1.82) is 5.26 Å². The van der Waals surface area contributed by atoms with Crippen LogP contribution < -0.4 is 4.90 Å². The monoisotopic (exact) mass is 285 g/mol. The fraction of sp³-hybridized carbons (Fsp3) is 0.529. The minimum absolute atomic E-state index is 0.179. The molecule has 1 heterocycles. The zero-order chi connectivity index (χ0) is 14.9. The van der Waals surface area contributed by atoms with Crippen molar-refractivity contribution in [3.63, 3.8) is 0 Å². The van der Waals surface area contributed by atoms with E-state index in [-0.39, 0.29) is 5.91 Å². The summed E-state index contributed by atoms with van der Waals surface area (Å²) < 4.78 is 0. The van der Waals surface area contributed by atoms with Crippen LogP contribution >= 0.6 is 0 Å². The van der Waals surface area contributed by atoms with Gasteiger partial charge in [-0.2, -0.15) is 5.26 Å². The standard InChI is InChI=1S/C17H23N3O/c18-11-8-14-20(16-9-4-3-5-10-16)15-17(21)19-12-6-1-2-7-13-19/h3-5,9-10H,1-2,6-8,12-15H2. The summed E-state index contributed by atoms with van der Waals surface area (Å²) in [5.41, 5.74) is 1.01. The van der Waals surface area contributed by atoms with Gasteiger partial charge in [0.25, 0.3) is 0 Å². The van der Waals surface area contributed by atoms with E-state index in [1.54, 1.807) is 0 Å². The maximum Gasteiger partial charge on any atom is 0.242 e. The molecule has 0 spiro atoms. The number of anilines is 1. The summed E-state index contributed by atoms with van der Waals surface area (Å²) in [5, 5.41) is 8.81. The highest BCUT2D eigenvalue weighted by atomic mass is 16.2. The Morgan fingerprint density at radius 2 is 1.81 bits per heavy atom. The minimum atomic E-state index is 0.179. The van der Waals surface area contributed by atoms with Gasteiger partial charge in [-0.3, -0.25) is 4.79 Å². The van der Waals surface area contributed by atoms with Crippen LogP contribution in [0.5, 0.6) is 0 Å². The van der Waals surface area contributed by atoms with Crippen LogP contribution in [-0.2, 0) is 4.79 Å². The summed E-state index contributed by atoms with van der Waals surface area (Å²) in [5.74, 6) is 0.179. The normalized spacial score (nSPS) is 15.1. The molecule has 1 aromatic carbocycles. The van der Waals surface area contributed by atoms with Crippen molar-refractivity contribution in [1.82, 2.24) is 4.90 Å². The van der Waals surface area contributed by atoms with E-state index in [4.69, 9.17) is 5.26 Å². The predicted octanol–water partition coefficient (Wildman–Crippen LogP) is 2.81. The third-order valence-corrected chi connectivity index (χ3v) is 3.90. The third-order valence-electron chi connectivity index (χ3n) is 3.90. The fourth-order valence-corrected chi connectivity index (χ4v) is 2.71. The molecule has 2 rings (SSSR count). The molecule has 0 saturated carbocycles. The quantitative estimate of drug-likeness (QED) is 0.835. The summed E-state index contributed by atoms with van der Waals surface area (Å²) in [6.45, 7) is 2.71. The Hall–Kier alpha value is -2.02. The Labute approximate surface area is 127 Å². The van der Waals surface area contributed by atoms with Gasteiger partial charge < -0.3 is 9.80 Å². The molecule has 0 aliphatic carbocycles. The molecule has 112 valence electrons. The Balaban J connectivity index is 2.00. The number of amides is 1. The third kappa shape index (κ3) is 4.78. The number of para-hydroxylation sites is 1. The zero-order valence-corrected chi connectivity index (χ0v) is 12.5. The molecule has 21 heavy (non-hydrogen) atoms. The van der Waals surface area contributed by atoms with Crippen molar-refractivity contribution < 1.29 is 4.79 Å². The molecular formula is C17H23N3O. The van der Waals surface area contributed by atoms with Gasteiger partial charge in [0.1, 0.15) is 0 Å². The molecule has 0 atom stereocenters. The van der Waals surface area contributed by atoms with Crippen LogP contribution in [0.3, 0.4) is 0 Å². The number of hydrogen-bond donors (Lipinski definition) is 0. The first-order valence-electron chi connectivity index (χ1n) is 7.76. The van der Waals surface area contributed by atoms with E-state index in [1.165, 1.54) is 12.8 Å². The molecule has 0 N–H and O–H groups in total. The van der Waals surface area contributed by atoms with Crippen LogP contribution in [0.1, 0.15) is 32.1 Å². The fourth-order valence-electron chi connectivity index (χ4n) is 2.71. The van der Waals surface area contributed by atoms with Crippen molar-refractivity contribution in [3.8, 4) is 6.07 Å². The number of likely N-dealkylation sites (tertiary alicyclic amines) is 1. The average molecular weight is 285 g/mol. The smallest absolute Gasteiger partial charge is 0.242 e. The number of carbonyl (C=O) groups is 1. The highest BCUT2D eigenvalue weighted by molar-refractivity contribution is 5.81. The maximum atomic E-state index is 12.5. The lowest BCUT2D eigenvalue weighted by Gasteiger charge is -2.27. The van der Waals surface area contributed by atoms with Crippen molar-refractivity contribution in [2.45, 2.75) is 32.1 Å². The average Bonchev–Trinajstić information content (AvgIpc) is 2.81. The Morgan fingerprint density at radius 1 is 1.14 bits per heavy atom. The van der Waals surface area contributed by atoms with Crippen molar-refractivity contribution in [3.05, 3.63) is 30.3 Å². The van der Waals surface area contributed by atoms with E-state index < -0.39 is 0 Å². The van der Waals surface area contributed by atoms with E-state index in [1.807, 2.05) is 40.1 Å². The van der Waals surface area contributed by atoms with E-state index in [2.05, 4.69) is 6.07 Å². The summed E-state index contributed by atoms with van der Waals surface area (Å²) in [7, 11) is 0. The number of nitrogens with zero attached hydrogens (tertiary/aromatic N) is 3. The van der Waals surface area contributed by atoms with Gasteiger partial charge in [0.15, 0.2) is 0 Å². The van der Waals surface area contributed by atoms with Gasteiger partial charge in [-0.1, -0.05) is 31.0 Å². The lowest BCUT2D eigenvalue weighted by Crippen LogP contribution is -2.41. The van der Waals surface area contributed by atoms with Crippen molar-refractivity contribution >= 4 is 11.6 Å². The van der Waals surface area contributed by atoms with Crippen molar-refractivity contribution in [2.75, 3.05) is 31.1 Å². The molecular weight excluding hydrogens is 262 g/mol. The van der Waals surface area contributed by atoms with Gasteiger partial charge in [0, 0.05) is 25.3 Å². The first kappa shape index (κ1) is 15.4. The second-order valence-corrected chi connectivity index (χ2v) is 5.46. The topological polar surface area (TPSA) is 47.3 Å². The maximum absolute atomic E-state index is 12.5. The number of benzene rings is 1. The summed E-state index contributed by atoms with van der Waals surface area (Å²) >= 11 is 0. The summed E-state index contributed by atoms with van der Waals surface area (Å²) in [4.78, 5) is 16.5. The zero-order valence-electron chi connectivity index (χ0n) is 12.5. The molecule has 0 aromatic heterocycles. The second-order valence-electron chi connectivity index (χ2n) is 5.46. The van der Waals surface area contributed by atoms with E-state index >= 15 is 0 Å². The van der Waals surface area contributed by atoms with Gasteiger partial charge in [-0.15, -0.1) is 0 Å². The molecule has 1 amide bonds. The van der Waals surface area contributed by atoms with E-state index in [9.17, 15) is 4.79 Å². The van der Waals surface area contributed by atoms with Crippen LogP contribution in [0.25, 0.3) is 0 Å². The molecule has 0 radical (unpaired) electrons. The van der Waals surface area contributed by atoms with Crippen LogP contribution in [0.4, 0.5) is 5.69 Å². The van der Waals surface area contributed by atoms with Gasteiger partial charge in [0.2, 0.25) is 5.91 Å². The molecule has 0 unspecified atom stereocenters. The molecule has 1 aromatic rings. The molecule has 1 saturated heterocycles. The summed E-state index contributed by atoms with van der Waals surface area (Å²) in [6, 6.07) is 12.0. The largest absolute Gasteiger partial charge is 0.361 e. The van der Waals surface area contributed by atoms with E-state index in [0.29, 0.717) is 19.5 Å². The molecule has 1 aliphatic heterocycles. The number of nitriles is 1. The van der Waals surface area contributed by atoms with Crippen molar-refractivity contribution in [2.24, 2.45) is 0 Å². The Morgan fingerprint density at radius 3 is 2.43 bits per heavy atom. The molecule has 1 aliphatic rings. The predicted molar refractivity (Wildman–Crippen MR) is 83.9 cm³/mol. The van der Waals surface area contributed by atoms with Crippen LogP contribution in [0.15, 0.2) is 30.3 Å². The lowest BCUT2D eigenvalue weighted by atomic mass is 10.2. The highest BCUT2D eigenvalue weighted by Crippen LogP contribution is 2.15. The highest BCUT2D eigenvalue weighted by Gasteiger charge is 2.18. The Kier molecular flexibility index (Phi) is 6.08. The first-order valence-corrected chi connectivity index (χ1v) is 7.76. The Bertz CT molecular complexity index is 473. The lowest BCUT2D eigenvalue weighted by molar-refractivity contribution is -0.129. The number of hydrogen-bond acceptors (Lipinski definition) is 3. The number of rotatable bonds is 5. The van der Waals surface area contributed by atoms with Gasteiger partial charge >= 0.3 is 0 Å². The molecule has 4 heteroatoms. The van der Waals surface area contributed by atoms with Gasteiger partial charge in [0.05, 0.1) is 19.0 Å². The SMILES string of the molecule is N#CCCN(CC(=O)N1CCCCCC1)c1ccccc1. The first-order chi connectivity index (χ1) is 10.3. The van der Waals surface area contributed by atoms with Gasteiger partial charge in [-0.05, 0) is 25.0 Å². The van der Waals surface area contributed by atoms with Crippen LogP contribution in [0.2, 0.25) is 0 Å². The van der Waals surface area contributed by atoms with Crippen LogP contribution in [-0.4, -0.2) is 37.0 Å². The van der Waals surface area contributed by atoms with Crippen LogP contribution in [0, 0.1) is 11.3 Å². The van der Waals surface area contributed by atoms with E-state index in [0.717, 1.165) is 31.6 Å². The molecule has 0 bridgehead atoms. The number of carbonyl (C=O) groups excluding carboxylic acids is 1. The summed E-state index contributed by atoms with van der Waals surface area (Å²) in [6.07, 6.45) is 5.09. The second kappa shape index (κ2) is 8.31. The molecule has 1 fully saturated rings.